The lowest BCUT2D eigenvalue weighted by molar-refractivity contribution is -0.384. The zero-order valence-corrected chi connectivity index (χ0v) is 12.7. The number of nitro benzene ring substituents is 1. The van der Waals surface area contributed by atoms with E-state index in [0.717, 1.165) is 13.1 Å². The Balaban J connectivity index is 1.68. The van der Waals surface area contributed by atoms with E-state index >= 15 is 0 Å². The number of benzene rings is 1. The number of carbonyl (C=O) groups is 1. The molecule has 1 aromatic carbocycles. The average Bonchev–Trinajstić information content (AvgIpc) is 2.63. The Morgan fingerprint density at radius 3 is 2.62 bits per heavy atom. The number of hydrogen-bond donors (Lipinski definition) is 1. The summed E-state index contributed by atoms with van der Waals surface area (Å²) in [5, 5.41) is 13.4. The number of nitrogens with one attached hydrogen (secondary N) is 1. The van der Waals surface area contributed by atoms with Gasteiger partial charge in [-0.15, -0.1) is 0 Å². The molecule has 124 valence electrons. The molecule has 1 fully saturated rings. The van der Waals surface area contributed by atoms with Gasteiger partial charge in [0.05, 0.1) is 36.2 Å². The number of ether oxygens (including phenoxy) is 1. The third kappa shape index (κ3) is 3.63. The van der Waals surface area contributed by atoms with E-state index in [0.29, 0.717) is 24.8 Å². The van der Waals surface area contributed by atoms with Gasteiger partial charge in [-0.25, -0.2) is 9.97 Å². The van der Waals surface area contributed by atoms with Crippen LogP contribution in [-0.4, -0.2) is 47.1 Å². The molecule has 9 nitrogen and oxygen atoms in total. The lowest BCUT2D eigenvalue weighted by atomic mass is 10.2. The predicted molar refractivity (Wildman–Crippen MR) is 86.1 cm³/mol. The van der Waals surface area contributed by atoms with Crippen LogP contribution in [0.25, 0.3) is 0 Å². The van der Waals surface area contributed by atoms with Gasteiger partial charge in [0.15, 0.2) is 0 Å². The Morgan fingerprint density at radius 1 is 1.25 bits per heavy atom. The second-order valence-corrected chi connectivity index (χ2v) is 5.13. The van der Waals surface area contributed by atoms with Gasteiger partial charge in [0.25, 0.3) is 11.6 Å². The third-order valence-electron chi connectivity index (χ3n) is 3.51. The van der Waals surface area contributed by atoms with Crippen molar-refractivity contribution in [3.05, 3.63) is 52.3 Å². The summed E-state index contributed by atoms with van der Waals surface area (Å²) in [5.74, 6) is 0.119. The number of hydrogen-bond acceptors (Lipinski definition) is 7. The van der Waals surface area contributed by atoms with E-state index in [1.54, 1.807) is 0 Å². The summed E-state index contributed by atoms with van der Waals surface area (Å²) >= 11 is 0. The summed E-state index contributed by atoms with van der Waals surface area (Å²) in [6.07, 6.45) is 3.01. The Hall–Kier alpha value is -3.07. The minimum atomic E-state index is -0.545. The van der Waals surface area contributed by atoms with Gasteiger partial charge < -0.3 is 15.0 Å². The number of carbonyl (C=O) groups excluding carboxylic acids is 1. The molecule has 1 aliphatic heterocycles. The average molecular weight is 329 g/mol. The molecule has 1 aliphatic rings. The van der Waals surface area contributed by atoms with E-state index in [4.69, 9.17) is 4.74 Å². The van der Waals surface area contributed by atoms with Gasteiger partial charge in [0.1, 0.15) is 0 Å². The molecule has 1 amide bonds. The van der Waals surface area contributed by atoms with Crippen molar-refractivity contribution in [2.24, 2.45) is 0 Å². The first-order valence-electron chi connectivity index (χ1n) is 7.34. The molecule has 2 heterocycles. The Bertz CT molecular complexity index is 744. The highest BCUT2D eigenvalue weighted by Gasteiger charge is 2.15. The summed E-state index contributed by atoms with van der Waals surface area (Å²) < 4.78 is 5.27. The molecule has 3 rings (SSSR count). The zero-order valence-electron chi connectivity index (χ0n) is 12.7. The van der Waals surface area contributed by atoms with Crippen LogP contribution in [0.2, 0.25) is 0 Å². The largest absolute Gasteiger partial charge is 0.378 e. The topological polar surface area (TPSA) is 110 Å². The first-order valence-corrected chi connectivity index (χ1v) is 7.34. The van der Waals surface area contributed by atoms with Crippen LogP contribution in [0.4, 0.5) is 17.3 Å². The number of anilines is 2. The van der Waals surface area contributed by atoms with Crippen LogP contribution in [0.5, 0.6) is 0 Å². The third-order valence-corrected chi connectivity index (χ3v) is 3.51. The normalized spacial score (nSPS) is 14.2. The predicted octanol–water partition coefficient (Wildman–Crippen LogP) is 1.47. The monoisotopic (exact) mass is 329 g/mol. The van der Waals surface area contributed by atoms with Gasteiger partial charge in [-0.05, 0) is 6.07 Å². The smallest absolute Gasteiger partial charge is 0.270 e. The summed E-state index contributed by atoms with van der Waals surface area (Å²) in [7, 11) is 0. The van der Waals surface area contributed by atoms with Crippen molar-refractivity contribution in [3.63, 3.8) is 0 Å². The number of rotatable bonds is 4. The SMILES string of the molecule is O=C(Nc1cnc(N2CCOCC2)nc1)c1cccc([N+](=O)[O-])c1. The van der Waals surface area contributed by atoms with Crippen LogP contribution < -0.4 is 10.2 Å². The molecule has 0 unspecified atom stereocenters. The first-order chi connectivity index (χ1) is 11.6. The van der Waals surface area contributed by atoms with Crippen LogP contribution in [0, 0.1) is 10.1 Å². The standard InChI is InChI=1S/C15H15N5O4/c21-14(11-2-1-3-13(8-11)20(22)23)18-12-9-16-15(17-10-12)19-4-6-24-7-5-19/h1-3,8-10H,4-7H2,(H,18,21). The summed E-state index contributed by atoms with van der Waals surface area (Å²) in [6.45, 7) is 2.71. The zero-order chi connectivity index (χ0) is 16.9. The lowest BCUT2D eigenvalue weighted by Gasteiger charge is -2.26. The van der Waals surface area contributed by atoms with E-state index in [2.05, 4.69) is 15.3 Å². The number of amides is 1. The van der Waals surface area contributed by atoms with Crippen LogP contribution in [0.3, 0.4) is 0 Å². The van der Waals surface area contributed by atoms with Gasteiger partial charge in [-0.2, -0.15) is 0 Å². The quantitative estimate of drug-likeness (QED) is 0.668. The van der Waals surface area contributed by atoms with Gasteiger partial charge in [0.2, 0.25) is 5.95 Å². The fourth-order valence-corrected chi connectivity index (χ4v) is 2.28. The fraction of sp³-hybridized carbons (Fsp3) is 0.267. The summed E-state index contributed by atoms with van der Waals surface area (Å²) in [5.41, 5.74) is 0.478. The van der Waals surface area contributed by atoms with E-state index in [1.807, 2.05) is 4.90 Å². The molecule has 1 saturated heterocycles. The molecule has 0 saturated carbocycles. The summed E-state index contributed by atoms with van der Waals surface area (Å²) in [4.78, 5) is 32.8. The van der Waals surface area contributed by atoms with Crippen molar-refractivity contribution in [2.75, 3.05) is 36.5 Å². The lowest BCUT2D eigenvalue weighted by Crippen LogP contribution is -2.37. The van der Waals surface area contributed by atoms with E-state index in [1.165, 1.54) is 36.7 Å². The van der Waals surface area contributed by atoms with E-state index < -0.39 is 10.8 Å². The van der Waals surface area contributed by atoms with Crippen LogP contribution in [-0.2, 0) is 4.74 Å². The van der Waals surface area contributed by atoms with Crippen molar-refractivity contribution in [2.45, 2.75) is 0 Å². The molecule has 0 bridgehead atoms. The van der Waals surface area contributed by atoms with Crippen LogP contribution in [0.1, 0.15) is 10.4 Å². The fourth-order valence-electron chi connectivity index (χ4n) is 2.28. The molecule has 0 aliphatic carbocycles. The Morgan fingerprint density at radius 2 is 1.96 bits per heavy atom. The number of non-ortho nitro benzene ring substituents is 1. The van der Waals surface area contributed by atoms with Crippen molar-refractivity contribution in [3.8, 4) is 0 Å². The molecule has 0 radical (unpaired) electrons. The maximum Gasteiger partial charge on any atom is 0.270 e. The Kier molecular flexibility index (Phi) is 4.62. The van der Waals surface area contributed by atoms with E-state index in [9.17, 15) is 14.9 Å². The first kappa shape index (κ1) is 15.8. The van der Waals surface area contributed by atoms with Gasteiger partial charge in [-0.3, -0.25) is 14.9 Å². The highest BCUT2D eigenvalue weighted by molar-refractivity contribution is 6.04. The number of nitro groups is 1. The molecule has 0 atom stereocenters. The van der Waals surface area contributed by atoms with Gasteiger partial charge in [-0.1, -0.05) is 6.07 Å². The van der Waals surface area contributed by atoms with Crippen molar-refractivity contribution in [1.29, 1.82) is 0 Å². The molecule has 0 spiro atoms. The van der Waals surface area contributed by atoms with Crippen molar-refractivity contribution >= 4 is 23.2 Å². The molecule has 24 heavy (non-hydrogen) atoms. The second-order valence-electron chi connectivity index (χ2n) is 5.13. The minimum Gasteiger partial charge on any atom is -0.378 e. The molecule has 2 aromatic rings. The maximum absolute atomic E-state index is 12.2. The number of nitrogens with zero attached hydrogens (tertiary/aromatic N) is 4. The highest BCUT2D eigenvalue weighted by atomic mass is 16.6. The van der Waals surface area contributed by atoms with Crippen molar-refractivity contribution in [1.82, 2.24) is 9.97 Å². The molecule has 1 aromatic heterocycles. The second kappa shape index (κ2) is 7.01. The minimum absolute atomic E-state index is 0.137. The van der Waals surface area contributed by atoms with Crippen LogP contribution in [0.15, 0.2) is 36.7 Å². The Labute approximate surface area is 137 Å². The highest BCUT2D eigenvalue weighted by Crippen LogP contribution is 2.16. The van der Waals surface area contributed by atoms with E-state index in [-0.39, 0.29) is 11.3 Å². The molecular formula is C15H15N5O4. The van der Waals surface area contributed by atoms with Crippen LogP contribution >= 0.6 is 0 Å². The van der Waals surface area contributed by atoms with Gasteiger partial charge in [0, 0.05) is 30.8 Å². The number of morpholine rings is 1. The molecular weight excluding hydrogens is 314 g/mol. The molecule has 1 N–H and O–H groups in total. The van der Waals surface area contributed by atoms with Crippen molar-refractivity contribution < 1.29 is 14.5 Å². The molecule has 9 heteroatoms. The van der Waals surface area contributed by atoms with Gasteiger partial charge >= 0.3 is 0 Å². The maximum atomic E-state index is 12.2. The summed E-state index contributed by atoms with van der Waals surface area (Å²) in [6, 6.07) is 5.52. The number of aromatic nitrogens is 2.